The molecule has 162 valence electrons. The average molecular weight is 413 g/mol. The fraction of sp³-hybridized carbons (Fsp3) is 0.682. The first-order chi connectivity index (χ1) is 14.5. The van der Waals surface area contributed by atoms with Crippen LogP contribution in [0.3, 0.4) is 0 Å². The van der Waals surface area contributed by atoms with E-state index < -0.39 is 0 Å². The quantitative estimate of drug-likeness (QED) is 0.814. The van der Waals surface area contributed by atoms with Gasteiger partial charge in [0.2, 0.25) is 11.8 Å². The molecule has 2 aromatic rings. The Kier molecular flexibility index (Phi) is 6.29. The first-order valence-corrected chi connectivity index (χ1v) is 11.3. The van der Waals surface area contributed by atoms with Crippen molar-refractivity contribution >= 4 is 17.6 Å². The molecule has 2 fully saturated rings. The van der Waals surface area contributed by atoms with E-state index in [1.807, 2.05) is 18.7 Å². The highest BCUT2D eigenvalue weighted by molar-refractivity contribution is 5.81. The number of aryl methyl sites for hydroxylation is 2. The van der Waals surface area contributed by atoms with Gasteiger partial charge in [0.1, 0.15) is 6.33 Å². The average Bonchev–Trinajstić information content (AvgIpc) is 3.23. The van der Waals surface area contributed by atoms with E-state index in [4.69, 9.17) is 0 Å². The summed E-state index contributed by atoms with van der Waals surface area (Å²) in [5, 5.41) is 7.45. The summed E-state index contributed by atoms with van der Waals surface area (Å²) in [7, 11) is 0. The molecule has 2 amide bonds. The number of nitrogens with one attached hydrogen (secondary N) is 1. The van der Waals surface area contributed by atoms with E-state index in [0.29, 0.717) is 31.2 Å². The second kappa shape index (κ2) is 9.10. The van der Waals surface area contributed by atoms with E-state index in [0.717, 1.165) is 49.2 Å². The molecule has 0 aromatic carbocycles. The molecular formula is C22H32N6O2. The first-order valence-electron chi connectivity index (χ1n) is 11.3. The van der Waals surface area contributed by atoms with Crippen LogP contribution in [0.4, 0.5) is 0 Å². The fourth-order valence-corrected chi connectivity index (χ4v) is 4.89. The van der Waals surface area contributed by atoms with Crippen molar-refractivity contribution in [1.29, 1.82) is 0 Å². The molecule has 8 heteroatoms. The number of rotatable bonds is 5. The maximum Gasteiger partial charge on any atom is 0.252 e. The van der Waals surface area contributed by atoms with Crippen molar-refractivity contribution < 1.29 is 9.59 Å². The predicted octanol–water partition coefficient (Wildman–Crippen LogP) is 2.36. The normalized spacial score (nSPS) is 20.5. The van der Waals surface area contributed by atoms with Crippen molar-refractivity contribution in [3.63, 3.8) is 0 Å². The van der Waals surface area contributed by atoms with Gasteiger partial charge in [0, 0.05) is 36.9 Å². The van der Waals surface area contributed by atoms with Crippen molar-refractivity contribution in [3.05, 3.63) is 23.3 Å². The Hall–Kier alpha value is -2.51. The fourth-order valence-electron chi connectivity index (χ4n) is 4.89. The number of hydrogen-bond donors (Lipinski definition) is 1. The number of carbonyl (C=O) groups is 2. The summed E-state index contributed by atoms with van der Waals surface area (Å²) in [5.41, 5.74) is 2.92. The number of piperidine rings is 1. The van der Waals surface area contributed by atoms with Gasteiger partial charge in [-0.3, -0.25) is 9.59 Å². The smallest absolute Gasteiger partial charge is 0.252 e. The molecule has 0 spiro atoms. The Morgan fingerprint density at radius 2 is 1.93 bits per heavy atom. The number of fused-ring (bicyclic) bond motifs is 1. The minimum atomic E-state index is -0.0822. The standard InChI is InChI=1S/C22H32N6O2/c1-15-19(16(2)28-22(25-15)23-14-24-28)10-11-20(29)27-12-6-7-17(13-27)21(30)26-18-8-4-3-5-9-18/h14,17-18H,3-13H2,1-2H3,(H,26,30)/t17-/m1/s1. The maximum atomic E-state index is 12.9. The van der Waals surface area contributed by atoms with Gasteiger partial charge in [-0.2, -0.15) is 10.1 Å². The largest absolute Gasteiger partial charge is 0.353 e. The second-order valence-electron chi connectivity index (χ2n) is 8.76. The molecule has 0 radical (unpaired) electrons. The van der Waals surface area contributed by atoms with Crippen molar-refractivity contribution in [2.45, 2.75) is 77.7 Å². The Labute approximate surface area is 177 Å². The van der Waals surface area contributed by atoms with Crippen LogP contribution < -0.4 is 5.32 Å². The van der Waals surface area contributed by atoms with E-state index in [2.05, 4.69) is 20.4 Å². The van der Waals surface area contributed by atoms with Gasteiger partial charge in [0.25, 0.3) is 5.78 Å². The van der Waals surface area contributed by atoms with E-state index in [9.17, 15) is 9.59 Å². The molecule has 30 heavy (non-hydrogen) atoms. The molecule has 8 nitrogen and oxygen atoms in total. The second-order valence-corrected chi connectivity index (χ2v) is 8.76. The van der Waals surface area contributed by atoms with Crippen LogP contribution in [-0.4, -0.2) is 55.4 Å². The van der Waals surface area contributed by atoms with Gasteiger partial charge in [-0.25, -0.2) is 9.50 Å². The summed E-state index contributed by atoms with van der Waals surface area (Å²) in [6.07, 6.45) is 10.1. The topological polar surface area (TPSA) is 92.5 Å². The number of nitrogens with zero attached hydrogens (tertiary/aromatic N) is 5. The summed E-state index contributed by atoms with van der Waals surface area (Å²) in [4.78, 5) is 36.1. The molecule has 1 saturated carbocycles. The van der Waals surface area contributed by atoms with E-state index in [1.54, 1.807) is 4.52 Å². The number of aromatic nitrogens is 4. The third-order valence-electron chi connectivity index (χ3n) is 6.67. The summed E-state index contributed by atoms with van der Waals surface area (Å²) in [6.45, 7) is 5.22. The highest BCUT2D eigenvalue weighted by Crippen LogP contribution is 2.22. The van der Waals surface area contributed by atoms with Gasteiger partial charge in [-0.1, -0.05) is 19.3 Å². The molecule has 1 aliphatic heterocycles. The number of amides is 2. The zero-order valence-corrected chi connectivity index (χ0v) is 18.1. The third kappa shape index (κ3) is 4.47. The Balaban J connectivity index is 1.34. The molecule has 1 aliphatic carbocycles. The van der Waals surface area contributed by atoms with Gasteiger partial charge >= 0.3 is 0 Å². The van der Waals surface area contributed by atoms with E-state index in [-0.39, 0.29) is 17.7 Å². The summed E-state index contributed by atoms with van der Waals surface area (Å²) in [6, 6.07) is 0.322. The van der Waals surface area contributed by atoms with Crippen molar-refractivity contribution in [2.24, 2.45) is 5.92 Å². The van der Waals surface area contributed by atoms with Crippen LogP contribution in [0.5, 0.6) is 0 Å². The van der Waals surface area contributed by atoms with Crippen molar-refractivity contribution in [3.8, 4) is 0 Å². The van der Waals surface area contributed by atoms with Crippen LogP contribution in [0.15, 0.2) is 6.33 Å². The number of carbonyl (C=O) groups excluding carboxylic acids is 2. The van der Waals surface area contributed by atoms with Crippen LogP contribution in [0.1, 0.15) is 68.3 Å². The Bertz CT molecular complexity index is 918. The molecule has 2 aromatic heterocycles. The van der Waals surface area contributed by atoms with Gasteiger partial charge in [-0.05, 0) is 51.5 Å². The van der Waals surface area contributed by atoms with Gasteiger partial charge in [0.15, 0.2) is 0 Å². The molecule has 4 rings (SSSR count). The lowest BCUT2D eigenvalue weighted by Gasteiger charge is -2.33. The van der Waals surface area contributed by atoms with Gasteiger partial charge in [-0.15, -0.1) is 0 Å². The number of likely N-dealkylation sites (tertiary alicyclic amines) is 1. The molecule has 3 heterocycles. The lowest BCUT2D eigenvalue weighted by atomic mass is 9.93. The van der Waals surface area contributed by atoms with Crippen LogP contribution in [0, 0.1) is 19.8 Å². The van der Waals surface area contributed by atoms with Gasteiger partial charge in [0.05, 0.1) is 5.92 Å². The molecule has 0 bridgehead atoms. The number of hydrogen-bond acceptors (Lipinski definition) is 5. The van der Waals surface area contributed by atoms with Crippen molar-refractivity contribution in [1.82, 2.24) is 29.8 Å². The molecule has 1 atom stereocenters. The zero-order chi connectivity index (χ0) is 21.1. The molecular weight excluding hydrogens is 380 g/mol. The molecule has 1 N–H and O–H groups in total. The highest BCUT2D eigenvalue weighted by Gasteiger charge is 2.29. The first kappa shape index (κ1) is 20.8. The van der Waals surface area contributed by atoms with Gasteiger partial charge < -0.3 is 10.2 Å². The zero-order valence-electron chi connectivity index (χ0n) is 18.1. The van der Waals surface area contributed by atoms with Crippen LogP contribution in [0.2, 0.25) is 0 Å². The molecule has 1 saturated heterocycles. The van der Waals surface area contributed by atoms with Crippen LogP contribution in [0.25, 0.3) is 5.78 Å². The monoisotopic (exact) mass is 412 g/mol. The van der Waals surface area contributed by atoms with Crippen LogP contribution >= 0.6 is 0 Å². The SMILES string of the molecule is Cc1nc2ncnn2c(C)c1CCC(=O)N1CCC[C@@H](C(=O)NC2CCCCC2)C1. The van der Waals surface area contributed by atoms with Crippen LogP contribution in [-0.2, 0) is 16.0 Å². The Morgan fingerprint density at radius 3 is 2.73 bits per heavy atom. The third-order valence-corrected chi connectivity index (χ3v) is 6.67. The lowest BCUT2D eigenvalue weighted by Crippen LogP contribution is -2.48. The molecule has 0 unspecified atom stereocenters. The van der Waals surface area contributed by atoms with Crippen molar-refractivity contribution in [2.75, 3.05) is 13.1 Å². The predicted molar refractivity (Wildman–Crippen MR) is 113 cm³/mol. The molecule has 2 aliphatic rings. The summed E-state index contributed by atoms with van der Waals surface area (Å²) in [5.74, 6) is 0.749. The Morgan fingerprint density at radius 1 is 1.13 bits per heavy atom. The minimum Gasteiger partial charge on any atom is -0.353 e. The maximum absolute atomic E-state index is 12.9. The summed E-state index contributed by atoms with van der Waals surface area (Å²) >= 11 is 0. The van der Waals surface area contributed by atoms with E-state index >= 15 is 0 Å². The summed E-state index contributed by atoms with van der Waals surface area (Å²) < 4.78 is 1.72. The van der Waals surface area contributed by atoms with E-state index in [1.165, 1.54) is 25.6 Å². The lowest BCUT2D eigenvalue weighted by molar-refractivity contribution is -0.136. The minimum absolute atomic E-state index is 0.0822. The highest BCUT2D eigenvalue weighted by atomic mass is 16.2.